The van der Waals surface area contributed by atoms with Gasteiger partial charge in [-0.05, 0) is 45.1 Å². The zero-order chi connectivity index (χ0) is 13.4. The van der Waals surface area contributed by atoms with Gasteiger partial charge in [0.1, 0.15) is 0 Å². The van der Waals surface area contributed by atoms with Crippen LogP contribution in [0.2, 0.25) is 32.2 Å². The maximum atomic E-state index is 8.80. The number of hydrogen-bond donors (Lipinski definition) is 1. The second-order valence-corrected chi connectivity index (χ2v) is 13.6. The third kappa shape index (κ3) is 9.97. The Hall–Kier alpha value is 0.314. The summed E-state index contributed by atoms with van der Waals surface area (Å²) in [6, 6.07) is 1.11. The zero-order valence-electron chi connectivity index (χ0n) is 12.2. The van der Waals surface area contributed by atoms with Crippen molar-refractivity contribution in [2.45, 2.75) is 64.8 Å². The van der Waals surface area contributed by atoms with E-state index in [9.17, 15) is 0 Å². The summed E-state index contributed by atoms with van der Waals surface area (Å²) in [6.07, 6.45) is 4.24. The summed E-state index contributed by atoms with van der Waals surface area (Å²) in [6.45, 7) is 12.1. The quantitative estimate of drug-likeness (QED) is 0.491. The van der Waals surface area contributed by atoms with Crippen LogP contribution in [-0.2, 0) is 8.54 Å². The lowest BCUT2D eigenvalue weighted by Crippen LogP contribution is -2.46. The van der Waals surface area contributed by atoms with Gasteiger partial charge in [0.15, 0.2) is 8.32 Å². The fraction of sp³-hybridized carbons (Fsp3) is 1.00. The van der Waals surface area contributed by atoms with Gasteiger partial charge >= 0.3 is 8.56 Å². The molecule has 0 amide bonds. The first-order chi connectivity index (χ1) is 7.83. The minimum atomic E-state index is -1.94. The Kier molecular flexibility index (Phi) is 8.58. The van der Waals surface area contributed by atoms with E-state index in [4.69, 9.17) is 13.6 Å². The molecule has 0 aliphatic rings. The van der Waals surface area contributed by atoms with Crippen LogP contribution in [0.15, 0.2) is 0 Å². The van der Waals surface area contributed by atoms with Gasteiger partial charge in [0.25, 0.3) is 0 Å². The maximum absolute atomic E-state index is 8.80. The van der Waals surface area contributed by atoms with Crippen molar-refractivity contribution >= 4 is 16.9 Å². The molecule has 1 N–H and O–H groups in total. The van der Waals surface area contributed by atoms with Crippen LogP contribution in [0.3, 0.4) is 0 Å². The van der Waals surface area contributed by atoms with E-state index in [1.54, 1.807) is 0 Å². The van der Waals surface area contributed by atoms with Gasteiger partial charge < -0.3 is 13.6 Å². The molecule has 0 spiro atoms. The monoisotopic (exact) mass is 278 g/mol. The van der Waals surface area contributed by atoms with E-state index in [-0.39, 0.29) is 6.61 Å². The van der Waals surface area contributed by atoms with Crippen molar-refractivity contribution in [1.29, 1.82) is 0 Å². The zero-order valence-corrected chi connectivity index (χ0v) is 14.2. The Bertz CT molecular complexity index is 176. The lowest BCUT2D eigenvalue weighted by Gasteiger charge is -2.33. The number of rotatable bonds is 10. The largest absolute Gasteiger partial charge is 0.436 e. The van der Waals surface area contributed by atoms with E-state index in [1.165, 1.54) is 6.42 Å². The molecule has 0 rings (SSSR count). The molecule has 104 valence electrons. The summed E-state index contributed by atoms with van der Waals surface area (Å²) in [5, 5.41) is 8.80. The molecule has 0 heterocycles. The summed E-state index contributed by atoms with van der Waals surface area (Å²) in [7, 11) is -3.55. The van der Waals surface area contributed by atoms with Gasteiger partial charge in [-0.15, -0.1) is 0 Å². The lowest BCUT2D eigenvalue weighted by atomic mass is 10.4. The lowest BCUT2D eigenvalue weighted by molar-refractivity contribution is 0.240. The van der Waals surface area contributed by atoms with E-state index in [0.717, 1.165) is 31.9 Å². The van der Waals surface area contributed by atoms with Crippen LogP contribution < -0.4 is 0 Å². The van der Waals surface area contributed by atoms with Gasteiger partial charge in [-0.2, -0.15) is 0 Å². The number of aliphatic hydroxyl groups excluding tert-OH is 1. The van der Waals surface area contributed by atoms with Gasteiger partial charge in [0.2, 0.25) is 0 Å². The summed E-state index contributed by atoms with van der Waals surface area (Å²) >= 11 is 0. The first kappa shape index (κ1) is 17.3. The molecule has 0 aromatic heterocycles. The van der Waals surface area contributed by atoms with Crippen LogP contribution in [0.1, 0.15) is 32.6 Å². The minimum absolute atomic E-state index is 0.290. The van der Waals surface area contributed by atoms with Crippen molar-refractivity contribution in [2.75, 3.05) is 13.2 Å². The number of aliphatic hydroxyl groups is 1. The molecule has 0 aromatic carbocycles. The first-order valence-corrected chi connectivity index (χ1v) is 12.7. The Labute approximate surface area is 109 Å². The Morgan fingerprint density at radius 1 is 1.00 bits per heavy atom. The normalized spacial score (nSPS) is 13.1. The molecule has 0 radical (unpaired) electrons. The van der Waals surface area contributed by atoms with E-state index < -0.39 is 16.9 Å². The highest BCUT2D eigenvalue weighted by Crippen LogP contribution is 2.21. The fourth-order valence-corrected chi connectivity index (χ4v) is 9.58. The van der Waals surface area contributed by atoms with E-state index in [0.29, 0.717) is 0 Å². The number of unbranched alkanes of at least 4 members (excludes halogenated alkanes) is 2. The maximum Gasteiger partial charge on any atom is 0.321 e. The smallest absolute Gasteiger partial charge is 0.321 e. The molecular weight excluding hydrogens is 248 g/mol. The molecule has 0 atom stereocenters. The van der Waals surface area contributed by atoms with Crippen LogP contribution in [-0.4, -0.2) is 35.2 Å². The van der Waals surface area contributed by atoms with Crippen LogP contribution in [0.5, 0.6) is 0 Å². The Morgan fingerprint density at radius 2 is 1.65 bits per heavy atom. The van der Waals surface area contributed by atoms with Gasteiger partial charge in [0, 0.05) is 13.2 Å². The molecule has 17 heavy (non-hydrogen) atoms. The van der Waals surface area contributed by atoms with Gasteiger partial charge in [-0.3, -0.25) is 0 Å². The van der Waals surface area contributed by atoms with Crippen molar-refractivity contribution in [1.82, 2.24) is 0 Å². The standard InChI is InChI=1S/C12H30O3Si2/c1-6-7-11-14-17(4,5)15-16(2,3)12-9-8-10-13/h13H,6-12H2,1-5H3. The summed E-state index contributed by atoms with van der Waals surface area (Å²) in [5.74, 6) is 0. The van der Waals surface area contributed by atoms with Gasteiger partial charge in [0.05, 0.1) is 0 Å². The predicted octanol–water partition coefficient (Wildman–Crippen LogP) is 3.50. The Morgan fingerprint density at radius 3 is 2.18 bits per heavy atom. The van der Waals surface area contributed by atoms with Crippen molar-refractivity contribution in [3.8, 4) is 0 Å². The highest BCUT2D eigenvalue weighted by molar-refractivity contribution is 6.82. The third-order valence-electron chi connectivity index (χ3n) is 2.66. The van der Waals surface area contributed by atoms with Crippen molar-refractivity contribution in [2.24, 2.45) is 0 Å². The van der Waals surface area contributed by atoms with Crippen molar-refractivity contribution in [3.63, 3.8) is 0 Å². The summed E-state index contributed by atoms with van der Waals surface area (Å²) in [5.41, 5.74) is 0. The molecular formula is C12H30O3Si2. The van der Waals surface area contributed by atoms with Crippen molar-refractivity contribution < 1.29 is 13.6 Å². The molecule has 5 heteroatoms. The summed E-state index contributed by atoms with van der Waals surface area (Å²) in [4.78, 5) is 0. The molecule has 0 aromatic rings. The van der Waals surface area contributed by atoms with E-state index in [2.05, 4.69) is 33.1 Å². The molecule has 0 aliphatic carbocycles. The highest BCUT2D eigenvalue weighted by atomic mass is 28.4. The summed E-state index contributed by atoms with van der Waals surface area (Å²) < 4.78 is 12.2. The molecule has 3 nitrogen and oxygen atoms in total. The first-order valence-electron chi connectivity index (χ1n) is 6.78. The number of hydrogen-bond acceptors (Lipinski definition) is 3. The molecule has 0 saturated heterocycles. The topological polar surface area (TPSA) is 38.7 Å². The van der Waals surface area contributed by atoms with Crippen molar-refractivity contribution in [3.05, 3.63) is 0 Å². The van der Waals surface area contributed by atoms with Crippen LogP contribution >= 0.6 is 0 Å². The molecule has 0 fully saturated rings. The van der Waals surface area contributed by atoms with Crippen LogP contribution in [0.4, 0.5) is 0 Å². The van der Waals surface area contributed by atoms with E-state index in [1.807, 2.05) is 0 Å². The second kappa shape index (κ2) is 8.42. The minimum Gasteiger partial charge on any atom is -0.436 e. The van der Waals surface area contributed by atoms with Crippen LogP contribution in [0.25, 0.3) is 0 Å². The SMILES string of the molecule is CCCCO[Si](C)(C)O[Si](C)(C)CCCCO. The van der Waals surface area contributed by atoms with Crippen LogP contribution in [0, 0.1) is 0 Å². The average molecular weight is 279 g/mol. The molecule has 0 bridgehead atoms. The predicted molar refractivity (Wildman–Crippen MR) is 78.0 cm³/mol. The average Bonchev–Trinajstić information content (AvgIpc) is 2.16. The molecule has 0 aliphatic heterocycles. The van der Waals surface area contributed by atoms with E-state index >= 15 is 0 Å². The molecule has 0 saturated carbocycles. The second-order valence-electron chi connectivity index (χ2n) is 5.64. The van der Waals surface area contributed by atoms with Gasteiger partial charge in [-0.1, -0.05) is 19.8 Å². The van der Waals surface area contributed by atoms with Gasteiger partial charge in [-0.25, -0.2) is 0 Å². The Balaban J connectivity index is 3.99. The highest BCUT2D eigenvalue weighted by Gasteiger charge is 2.34. The third-order valence-corrected chi connectivity index (χ3v) is 9.29. The molecule has 0 unspecified atom stereocenters. The fourth-order valence-electron chi connectivity index (χ4n) is 1.87.